The van der Waals surface area contributed by atoms with Crippen molar-refractivity contribution in [2.45, 2.75) is 11.4 Å². The van der Waals surface area contributed by atoms with Crippen LogP contribution < -0.4 is 10.5 Å². The first kappa shape index (κ1) is 16.0. The van der Waals surface area contributed by atoms with Gasteiger partial charge in [-0.05, 0) is 24.3 Å². The molecule has 0 aliphatic carbocycles. The highest BCUT2D eigenvalue weighted by molar-refractivity contribution is 7.89. The lowest BCUT2D eigenvalue weighted by molar-refractivity contribution is -0.386. The van der Waals surface area contributed by atoms with E-state index in [1.807, 2.05) is 24.3 Å². The molecule has 1 heterocycles. The summed E-state index contributed by atoms with van der Waals surface area (Å²) in [6, 6.07) is 13.1. The third kappa shape index (κ3) is 3.07. The quantitative estimate of drug-likeness (QED) is 0.539. The van der Waals surface area contributed by atoms with Crippen molar-refractivity contribution in [1.82, 2.24) is 0 Å². The van der Waals surface area contributed by atoms with E-state index in [0.717, 1.165) is 11.5 Å². The average molecular weight is 347 g/mol. The van der Waals surface area contributed by atoms with E-state index in [9.17, 15) is 18.5 Å². The van der Waals surface area contributed by atoms with E-state index in [2.05, 4.69) is 5.32 Å². The minimum absolute atomic E-state index is 0.0481. The lowest BCUT2D eigenvalue weighted by atomic mass is 10.2. The number of para-hydroxylation sites is 2. The minimum atomic E-state index is -4.21. The Morgan fingerprint density at radius 3 is 2.58 bits per heavy atom. The molecule has 0 unspecified atom stereocenters. The predicted octanol–water partition coefficient (Wildman–Crippen LogP) is 2.60. The fourth-order valence-electron chi connectivity index (χ4n) is 2.39. The second-order valence-corrected chi connectivity index (χ2v) is 6.59. The number of nitrogens with one attached hydrogen (secondary N) is 1. The standard InChI is InChI=1S/C15H13N3O5S/c16-24(21,22)14-7-3-5-12(15(14)18(19)20)17-9-11-8-10-4-1-2-6-13(10)23-11/h1-8,17H,9H2,(H2,16,21,22). The van der Waals surface area contributed by atoms with E-state index < -0.39 is 25.5 Å². The molecule has 0 spiro atoms. The molecule has 0 amide bonds. The van der Waals surface area contributed by atoms with Gasteiger partial charge >= 0.3 is 5.69 Å². The van der Waals surface area contributed by atoms with Crippen molar-refractivity contribution < 1.29 is 17.8 Å². The molecule has 2 aromatic carbocycles. The van der Waals surface area contributed by atoms with Crippen molar-refractivity contribution in [3.63, 3.8) is 0 Å². The molecular formula is C15H13N3O5S. The van der Waals surface area contributed by atoms with E-state index in [0.29, 0.717) is 11.3 Å². The van der Waals surface area contributed by atoms with E-state index in [1.54, 1.807) is 6.07 Å². The van der Waals surface area contributed by atoms with Gasteiger partial charge in [0.1, 0.15) is 17.0 Å². The van der Waals surface area contributed by atoms with Crippen LogP contribution in [0.15, 0.2) is 57.8 Å². The molecule has 0 radical (unpaired) electrons. The van der Waals surface area contributed by atoms with Gasteiger partial charge in [-0.15, -0.1) is 0 Å². The van der Waals surface area contributed by atoms with E-state index in [1.165, 1.54) is 12.1 Å². The van der Waals surface area contributed by atoms with Crippen LogP contribution in [0.5, 0.6) is 0 Å². The van der Waals surface area contributed by atoms with Gasteiger partial charge in [0.2, 0.25) is 10.0 Å². The molecule has 0 aliphatic rings. The van der Waals surface area contributed by atoms with Crippen LogP contribution in [0.3, 0.4) is 0 Å². The second-order valence-electron chi connectivity index (χ2n) is 5.06. The maximum Gasteiger partial charge on any atom is 0.312 e. The number of nitrogens with zero attached hydrogens (tertiary/aromatic N) is 1. The predicted molar refractivity (Wildman–Crippen MR) is 88.0 cm³/mol. The highest BCUT2D eigenvalue weighted by atomic mass is 32.2. The molecule has 8 nitrogen and oxygen atoms in total. The van der Waals surface area contributed by atoms with Crippen LogP contribution in [0.2, 0.25) is 0 Å². The lowest BCUT2D eigenvalue weighted by Gasteiger charge is -2.08. The fourth-order valence-corrected chi connectivity index (χ4v) is 3.11. The normalized spacial score (nSPS) is 11.5. The fraction of sp³-hybridized carbons (Fsp3) is 0.0667. The number of furan rings is 1. The highest BCUT2D eigenvalue weighted by Gasteiger charge is 2.26. The Labute approximate surface area is 137 Å². The smallest absolute Gasteiger partial charge is 0.312 e. The number of anilines is 1. The van der Waals surface area contributed by atoms with Gasteiger partial charge < -0.3 is 9.73 Å². The van der Waals surface area contributed by atoms with E-state index >= 15 is 0 Å². The number of nitro groups is 1. The number of benzene rings is 2. The molecule has 1 aromatic heterocycles. The van der Waals surface area contributed by atoms with Crippen LogP contribution in [0.4, 0.5) is 11.4 Å². The van der Waals surface area contributed by atoms with Gasteiger partial charge in [-0.2, -0.15) is 0 Å². The van der Waals surface area contributed by atoms with Crippen LogP contribution >= 0.6 is 0 Å². The summed E-state index contributed by atoms with van der Waals surface area (Å²) in [7, 11) is -4.21. The van der Waals surface area contributed by atoms with Gasteiger partial charge in [-0.1, -0.05) is 24.3 Å². The molecule has 124 valence electrons. The average Bonchev–Trinajstić information content (AvgIpc) is 2.94. The summed E-state index contributed by atoms with van der Waals surface area (Å²) in [5.74, 6) is 0.562. The summed E-state index contributed by atoms with van der Waals surface area (Å²) in [5.41, 5.74) is 0.158. The topological polar surface area (TPSA) is 128 Å². The third-order valence-electron chi connectivity index (χ3n) is 3.42. The number of sulfonamides is 1. The Morgan fingerprint density at radius 1 is 1.17 bits per heavy atom. The molecule has 24 heavy (non-hydrogen) atoms. The van der Waals surface area contributed by atoms with Crippen molar-refractivity contribution in [3.05, 3.63) is 64.4 Å². The molecule has 0 bridgehead atoms. The van der Waals surface area contributed by atoms with Crippen LogP contribution in [0.25, 0.3) is 11.0 Å². The Bertz CT molecular complexity index is 994. The van der Waals surface area contributed by atoms with Crippen LogP contribution in [-0.2, 0) is 16.6 Å². The zero-order valence-electron chi connectivity index (χ0n) is 12.3. The Hall–Kier alpha value is -2.91. The van der Waals surface area contributed by atoms with Crippen molar-refractivity contribution in [2.24, 2.45) is 5.14 Å². The van der Waals surface area contributed by atoms with Crippen molar-refractivity contribution in [2.75, 3.05) is 5.32 Å². The Morgan fingerprint density at radius 2 is 1.92 bits per heavy atom. The SMILES string of the molecule is NS(=O)(=O)c1cccc(NCc2cc3ccccc3o2)c1[N+](=O)[O-]. The van der Waals surface area contributed by atoms with Crippen molar-refractivity contribution in [3.8, 4) is 0 Å². The molecule has 0 saturated carbocycles. The van der Waals surface area contributed by atoms with Crippen LogP contribution in [-0.4, -0.2) is 13.3 Å². The summed E-state index contributed by atoms with van der Waals surface area (Å²) < 4.78 is 28.7. The second kappa shape index (κ2) is 5.95. The molecule has 3 aromatic rings. The van der Waals surface area contributed by atoms with Gasteiger partial charge in [0, 0.05) is 5.39 Å². The number of hydrogen-bond donors (Lipinski definition) is 2. The Balaban J connectivity index is 1.93. The van der Waals surface area contributed by atoms with Gasteiger partial charge in [-0.3, -0.25) is 10.1 Å². The van der Waals surface area contributed by atoms with E-state index in [-0.39, 0.29) is 12.2 Å². The van der Waals surface area contributed by atoms with Gasteiger partial charge in [0.25, 0.3) is 0 Å². The van der Waals surface area contributed by atoms with Crippen LogP contribution in [0.1, 0.15) is 5.76 Å². The zero-order chi connectivity index (χ0) is 17.3. The number of fused-ring (bicyclic) bond motifs is 1. The van der Waals surface area contributed by atoms with Gasteiger partial charge in [0.15, 0.2) is 4.90 Å². The first-order valence-electron chi connectivity index (χ1n) is 6.88. The zero-order valence-corrected chi connectivity index (χ0v) is 13.1. The number of nitrogens with two attached hydrogens (primary N) is 1. The van der Waals surface area contributed by atoms with Crippen molar-refractivity contribution in [1.29, 1.82) is 0 Å². The Kier molecular flexibility index (Phi) is 3.96. The summed E-state index contributed by atoms with van der Waals surface area (Å²) in [6.45, 7) is 0.156. The van der Waals surface area contributed by atoms with E-state index in [4.69, 9.17) is 9.56 Å². The van der Waals surface area contributed by atoms with Crippen LogP contribution in [0, 0.1) is 10.1 Å². The molecule has 0 fully saturated rings. The summed E-state index contributed by atoms with van der Waals surface area (Å²) in [5, 5.41) is 20.0. The third-order valence-corrected chi connectivity index (χ3v) is 4.36. The maximum atomic E-state index is 11.5. The maximum absolute atomic E-state index is 11.5. The monoisotopic (exact) mass is 347 g/mol. The first-order valence-corrected chi connectivity index (χ1v) is 8.42. The van der Waals surface area contributed by atoms with Gasteiger partial charge in [-0.25, -0.2) is 13.6 Å². The molecule has 9 heteroatoms. The molecule has 0 aliphatic heterocycles. The number of nitro benzene ring substituents is 1. The number of rotatable bonds is 5. The number of primary sulfonamides is 1. The molecule has 0 atom stereocenters. The minimum Gasteiger partial charge on any atom is -0.459 e. The lowest BCUT2D eigenvalue weighted by Crippen LogP contribution is -2.15. The first-order chi connectivity index (χ1) is 11.4. The highest BCUT2D eigenvalue weighted by Crippen LogP contribution is 2.31. The molecule has 3 rings (SSSR count). The molecule has 0 saturated heterocycles. The largest absolute Gasteiger partial charge is 0.459 e. The number of hydrogen-bond acceptors (Lipinski definition) is 6. The summed E-state index contributed by atoms with van der Waals surface area (Å²) >= 11 is 0. The molecular weight excluding hydrogens is 334 g/mol. The van der Waals surface area contributed by atoms with Crippen molar-refractivity contribution >= 4 is 32.4 Å². The molecule has 3 N–H and O–H groups in total. The summed E-state index contributed by atoms with van der Waals surface area (Å²) in [4.78, 5) is 9.95. The summed E-state index contributed by atoms with van der Waals surface area (Å²) in [6.07, 6.45) is 0. The van der Waals surface area contributed by atoms with Gasteiger partial charge in [0.05, 0.1) is 11.5 Å².